The molecule has 2 saturated heterocycles. The Morgan fingerprint density at radius 2 is 1.86 bits per heavy atom. The van der Waals surface area contributed by atoms with Crippen LogP contribution in [0.4, 0.5) is 4.79 Å². The van der Waals surface area contributed by atoms with Gasteiger partial charge in [0.15, 0.2) is 0 Å². The van der Waals surface area contributed by atoms with Crippen molar-refractivity contribution in [1.29, 1.82) is 0 Å². The number of hydrogen-bond donors (Lipinski definition) is 1. The van der Waals surface area contributed by atoms with Crippen LogP contribution in [0.2, 0.25) is 0 Å². The number of aromatic nitrogens is 2. The fraction of sp³-hybridized carbons (Fsp3) is 0.524. The van der Waals surface area contributed by atoms with Gasteiger partial charge in [-0.1, -0.05) is 0 Å². The zero-order chi connectivity index (χ0) is 20.5. The number of amides is 4. The number of hydrogen-bond acceptors (Lipinski definition) is 4. The molecule has 4 rings (SSSR count). The van der Waals surface area contributed by atoms with Crippen molar-refractivity contribution in [2.45, 2.75) is 39.7 Å². The number of urea groups is 1. The summed E-state index contributed by atoms with van der Waals surface area (Å²) >= 11 is 0. The van der Waals surface area contributed by atoms with E-state index in [4.69, 9.17) is 0 Å². The van der Waals surface area contributed by atoms with E-state index in [1.165, 1.54) is 16.0 Å². The molecule has 0 aliphatic carbocycles. The van der Waals surface area contributed by atoms with Gasteiger partial charge in [-0.2, -0.15) is 0 Å². The number of imide groups is 1. The van der Waals surface area contributed by atoms with Gasteiger partial charge in [-0.15, -0.1) is 0 Å². The van der Waals surface area contributed by atoms with Crippen LogP contribution in [0, 0.1) is 19.8 Å². The van der Waals surface area contributed by atoms with Crippen molar-refractivity contribution in [1.82, 2.24) is 24.7 Å². The zero-order valence-electron chi connectivity index (χ0n) is 17.0. The third kappa shape index (κ3) is 4.11. The van der Waals surface area contributed by atoms with Gasteiger partial charge >= 0.3 is 6.03 Å². The van der Waals surface area contributed by atoms with Gasteiger partial charge in [-0.25, -0.2) is 9.78 Å². The highest BCUT2D eigenvalue weighted by atomic mass is 16.2. The number of aryl methyl sites for hydroxylation is 2. The number of piperidine rings is 1. The number of benzene rings is 1. The lowest BCUT2D eigenvalue weighted by molar-refractivity contribution is -0.134. The first-order valence-corrected chi connectivity index (χ1v) is 10.2. The third-order valence-corrected chi connectivity index (χ3v) is 6.13. The van der Waals surface area contributed by atoms with Crippen LogP contribution >= 0.6 is 0 Å². The fourth-order valence-corrected chi connectivity index (χ4v) is 4.11. The van der Waals surface area contributed by atoms with E-state index in [1.54, 1.807) is 0 Å². The minimum Gasteiger partial charge on any atom is -0.341 e. The highest BCUT2D eigenvalue weighted by Crippen LogP contribution is 2.23. The van der Waals surface area contributed by atoms with Gasteiger partial charge in [0.25, 0.3) is 0 Å². The van der Waals surface area contributed by atoms with Gasteiger partial charge < -0.3 is 14.4 Å². The number of nitrogens with zero attached hydrogens (tertiary/aromatic N) is 4. The molecule has 0 bridgehead atoms. The lowest BCUT2D eigenvalue weighted by Crippen LogP contribution is -2.53. The maximum absolute atomic E-state index is 12.6. The van der Waals surface area contributed by atoms with Crippen LogP contribution in [0.15, 0.2) is 18.5 Å². The normalized spacial score (nSPS) is 18.4. The number of carbonyl (C=O) groups is 3. The number of likely N-dealkylation sites (tertiary alicyclic amines) is 1. The summed E-state index contributed by atoms with van der Waals surface area (Å²) in [6, 6.07) is 3.86. The summed E-state index contributed by atoms with van der Waals surface area (Å²) in [5.41, 5.74) is 4.71. The average Bonchev–Trinajstić information content (AvgIpc) is 3.06. The van der Waals surface area contributed by atoms with Crippen molar-refractivity contribution < 1.29 is 14.4 Å². The second-order valence-corrected chi connectivity index (χ2v) is 8.17. The Kier molecular flexibility index (Phi) is 5.25. The molecule has 8 nitrogen and oxygen atoms in total. The second kappa shape index (κ2) is 7.85. The average molecular weight is 397 g/mol. The molecule has 3 heterocycles. The standard InChI is InChI=1S/C21H27N5O3/c1-14-9-17-18(10-15(14)2)26(13-22-17)11-16-3-6-24(7-4-16)20(28)12-25-8-5-19(27)23-21(25)29/h9-10,13,16H,3-8,11-12H2,1-2H3,(H,23,27,29). The topological polar surface area (TPSA) is 87.5 Å². The van der Waals surface area contributed by atoms with Crippen LogP contribution in [-0.4, -0.2) is 63.4 Å². The molecule has 154 valence electrons. The van der Waals surface area contributed by atoms with E-state index in [9.17, 15) is 14.4 Å². The SMILES string of the molecule is Cc1cc2ncn(CC3CCN(C(=O)CN4CCC(=O)NC4=O)CC3)c2cc1C. The van der Waals surface area contributed by atoms with Crippen molar-refractivity contribution in [3.8, 4) is 0 Å². The van der Waals surface area contributed by atoms with E-state index in [2.05, 4.69) is 40.8 Å². The third-order valence-electron chi connectivity index (χ3n) is 6.13. The van der Waals surface area contributed by atoms with E-state index in [0.717, 1.165) is 30.4 Å². The van der Waals surface area contributed by atoms with Crippen LogP contribution in [0.3, 0.4) is 0 Å². The molecule has 2 aliphatic rings. The Balaban J connectivity index is 1.32. The molecule has 2 aromatic rings. The van der Waals surface area contributed by atoms with E-state index < -0.39 is 6.03 Å². The minimum atomic E-state index is -0.470. The molecular formula is C21H27N5O3. The van der Waals surface area contributed by atoms with E-state index in [0.29, 0.717) is 25.6 Å². The monoisotopic (exact) mass is 397 g/mol. The summed E-state index contributed by atoms with van der Waals surface area (Å²) in [5, 5.41) is 2.26. The maximum atomic E-state index is 12.6. The fourth-order valence-electron chi connectivity index (χ4n) is 4.11. The van der Waals surface area contributed by atoms with Gasteiger partial charge in [-0.05, 0) is 55.9 Å². The minimum absolute atomic E-state index is 0.0363. The van der Waals surface area contributed by atoms with E-state index in [-0.39, 0.29) is 24.8 Å². The molecule has 1 N–H and O–H groups in total. The van der Waals surface area contributed by atoms with Crippen molar-refractivity contribution in [2.24, 2.45) is 5.92 Å². The van der Waals surface area contributed by atoms with Crippen molar-refractivity contribution >= 4 is 28.9 Å². The van der Waals surface area contributed by atoms with Crippen molar-refractivity contribution in [3.05, 3.63) is 29.6 Å². The molecular weight excluding hydrogens is 370 g/mol. The molecule has 29 heavy (non-hydrogen) atoms. The highest BCUT2D eigenvalue weighted by molar-refractivity contribution is 5.98. The summed E-state index contributed by atoms with van der Waals surface area (Å²) in [7, 11) is 0. The van der Waals surface area contributed by atoms with E-state index in [1.807, 2.05) is 11.2 Å². The molecule has 0 unspecified atom stereocenters. The summed E-state index contributed by atoms with van der Waals surface area (Å²) in [4.78, 5) is 43.4. The van der Waals surface area contributed by atoms with Crippen LogP contribution in [-0.2, 0) is 16.1 Å². The number of carbonyl (C=O) groups excluding carboxylic acids is 3. The van der Waals surface area contributed by atoms with Crippen molar-refractivity contribution in [2.75, 3.05) is 26.2 Å². The predicted molar refractivity (Wildman–Crippen MR) is 108 cm³/mol. The summed E-state index contributed by atoms with van der Waals surface area (Å²) < 4.78 is 2.22. The predicted octanol–water partition coefficient (Wildman–Crippen LogP) is 1.83. The lowest BCUT2D eigenvalue weighted by atomic mass is 9.96. The Morgan fingerprint density at radius 1 is 1.14 bits per heavy atom. The Hall–Kier alpha value is -2.90. The molecule has 0 spiro atoms. The van der Waals surface area contributed by atoms with Crippen LogP contribution in [0.5, 0.6) is 0 Å². The van der Waals surface area contributed by atoms with Gasteiger partial charge in [0.1, 0.15) is 6.54 Å². The second-order valence-electron chi connectivity index (χ2n) is 8.17. The molecule has 2 fully saturated rings. The largest absolute Gasteiger partial charge is 0.341 e. The first-order valence-electron chi connectivity index (χ1n) is 10.2. The molecule has 1 aromatic carbocycles. The van der Waals surface area contributed by atoms with Gasteiger partial charge in [0, 0.05) is 32.6 Å². The Bertz CT molecular complexity index is 959. The first-order chi connectivity index (χ1) is 13.9. The highest BCUT2D eigenvalue weighted by Gasteiger charge is 2.28. The lowest BCUT2D eigenvalue weighted by Gasteiger charge is -2.34. The van der Waals surface area contributed by atoms with Crippen LogP contribution in [0.25, 0.3) is 11.0 Å². The molecule has 2 aliphatic heterocycles. The Morgan fingerprint density at radius 3 is 2.59 bits per heavy atom. The maximum Gasteiger partial charge on any atom is 0.324 e. The van der Waals surface area contributed by atoms with Gasteiger partial charge in [-0.3, -0.25) is 14.9 Å². The number of fused-ring (bicyclic) bond motifs is 1. The summed E-state index contributed by atoms with van der Waals surface area (Å²) in [6.07, 6.45) is 4.03. The Labute approximate surface area is 169 Å². The van der Waals surface area contributed by atoms with Crippen LogP contribution < -0.4 is 5.32 Å². The quantitative estimate of drug-likeness (QED) is 0.853. The zero-order valence-corrected chi connectivity index (χ0v) is 17.0. The molecule has 0 radical (unpaired) electrons. The smallest absolute Gasteiger partial charge is 0.324 e. The molecule has 4 amide bonds. The molecule has 8 heteroatoms. The van der Waals surface area contributed by atoms with Gasteiger partial charge in [0.2, 0.25) is 11.8 Å². The molecule has 0 atom stereocenters. The molecule has 1 aromatic heterocycles. The summed E-state index contributed by atoms with van der Waals surface area (Å²) in [5.74, 6) is 0.165. The van der Waals surface area contributed by atoms with Crippen LogP contribution in [0.1, 0.15) is 30.4 Å². The number of rotatable bonds is 4. The number of nitrogens with one attached hydrogen (secondary N) is 1. The van der Waals surface area contributed by atoms with Gasteiger partial charge in [0.05, 0.1) is 17.4 Å². The van der Waals surface area contributed by atoms with E-state index >= 15 is 0 Å². The number of imidazole rings is 1. The van der Waals surface area contributed by atoms with Crippen molar-refractivity contribution in [3.63, 3.8) is 0 Å². The molecule has 0 saturated carbocycles. The first kappa shape index (κ1) is 19.4. The summed E-state index contributed by atoms with van der Waals surface area (Å²) in [6.45, 7) is 6.86.